The minimum atomic E-state index is -0.534. The molecule has 14 heteroatoms. The van der Waals surface area contributed by atoms with E-state index in [2.05, 4.69) is 36.1 Å². The van der Waals surface area contributed by atoms with Gasteiger partial charge in [0.1, 0.15) is 5.82 Å². The number of hydrogen-bond donors (Lipinski definition) is 6. The van der Waals surface area contributed by atoms with Gasteiger partial charge in [0.05, 0.1) is 0 Å². The first-order chi connectivity index (χ1) is 18.8. The van der Waals surface area contributed by atoms with Crippen LogP contribution < -0.4 is 38.8 Å². The average molecular weight is 540 g/mol. The number of urea groups is 1. The highest BCUT2D eigenvalue weighted by Crippen LogP contribution is 2.20. The molecule has 2 aromatic heterocycles. The maximum Gasteiger partial charge on any atom is 0.349 e. The molecule has 0 spiro atoms. The Labute approximate surface area is 226 Å². The fraction of sp³-hybridized carbons (Fsp3) is 0.440. The summed E-state index contributed by atoms with van der Waals surface area (Å²) in [5.41, 5.74) is 17.2. The number of nitrogens with two attached hydrogens (primary N) is 3. The van der Waals surface area contributed by atoms with Crippen LogP contribution in [0, 0.1) is 6.92 Å². The Kier molecular flexibility index (Phi) is 11.4. The molecule has 0 aliphatic rings. The molecule has 0 saturated carbocycles. The molecule has 1 aromatic carbocycles. The first-order valence-corrected chi connectivity index (χ1v) is 12.9. The van der Waals surface area contributed by atoms with Crippen LogP contribution in [0.15, 0.2) is 50.8 Å². The normalized spacial score (nSPS) is 11.6. The average Bonchev–Trinajstić information content (AvgIpc) is 3.34. The maximum atomic E-state index is 12.5. The van der Waals surface area contributed by atoms with Crippen molar-refractivity contribution in [3.05, 3.63) is 52.9 Å². The lowest BCUT2D eigenvalue weighted by atomic mass is 10.1. The lowest BCUT2D eigenvalue weighted by Gasteiger charge is -2.18. The zero-order valence-electron chi connectivity index (χ0n) is 22.1. The van der Waals surface area contributed by atoms with Crippen molar-refractivity contribution in [1.82, 2.24) is 25.0 Å². The summed E-state index contributed by atoms with van der Waals surface area (Å²) in [6.07, 6.45) is 5.91. The Balaban J connectivity index is 1.49. The Bertz CT molecular complexity index is 1280. The Morgan fingerprint density at radius 1 is 1.13 bits per heavy atom. The number of aryl methyl sites for hydroxylation is 2. The molecule has 9 N–H and O–H groups in total. The summed E-state index contributed by atoms with van der Waals surface area (Å²) in [6, 6.07) is 8.33. The van der Waals surface area contributed by atoms with Crippen molar-refractivity contribution in [2.24, 2.45) is 22.2 Å². The zero-order valence-corrected chi connectivity index (χ0v) is 22.1. The number of aromatic nitrogens is 4. The number of carbonyl (C=O) groups excluding carboxylic acids is 1. The van der Waals surface area contributed by atoms with Gasteiger partial charge in [-0.15, -0.1) is 0 Å². The fourth-order valence-corrected chi connectivity index (χ4v) is 3.91. The number of nitrogens with zero attached hydrogens (tertiary/aromatic N) is 5. The number of rotatable bonds is 15. The monoisotopic (exact) mass is 539 g/mol. The molecule has 0 aliphatic carbocycles. The van der Waals surface area contributed by atoms with E-state index < -0.39 is 11.7 Å². The number of amides is 2. The summed E-state index contributed by atoms with van der Waals surface area (Å²) in [6.45, 7) is 4.23. The van der Waals surface area contributed by atoms with Gasteiger partial charge in [0.25, 0.3) is 0 Å². The fourth-order valence-electron chi connectivity index (χ4n) is 3.91. The third kappa shape index (κ3) is 10.2. The van der Waals surface area contributed by atoms with Gasteiger partial charge in [-0.1, -0.05) is 17.3 Å². The van der Waals surface area contributed by atoms with Crippen LogP contribution in [-0.2, 0) is 6.54 Å². The third-order valence-corrected chi connectivity index (χ3v) is 5.79. The number of nitrogens with one attached hydrogen (secondary N) is 3. The van der Waals surface area contributed by atoms with E-state index in [4.69, 9.17) is 21.7 Å². The van der Waals surface area contributed by atoms with E-state index in [1.165, 1.54) is 4.57 Å². The van der Waals surface area contributed by atoms with E-state index in [1.807, 2.05) is 0 Å². The molecule has 0 fully saturated rings. The highest BCUT2D eigenvalue weighted by molar-refractivity contribution is 5.99. The molecule has 0 aliphatic heterocycles. The summed E-state index contributed by atoms with van der Waals surface area (Å²) < 4.78 is 6.53. The van der Waals surface area contributed by atoms with E-state index in [9.17, 15) is 9.59 Å². The number of guanidine groups is 1. The second-order valence-corrected chi connectivity index (χ2v) is 8.97. The predicted molar refractivity (Wildman–Crippen MR) is 150 cm³/mol. The molecule has 14 nitrogen and oxygen atoms in total. The van der Waals surface area contributed by atoms with Gasteiger partial charge >= 0.3 is 11.7 Å². The topological polar surface area (TPSA) is 217 Å². The number of benzene rings is 1. The highest BCUT2D eigenvalue weighted by Gasteiger charge is 2.11. The summed E-state index contributed by atoms with van der Waals surface area (Å²) in [4.78, 5) is 37.2. The van der Waals surface area contributed by atoms with Crippen LogP contribution in [0.25, 0.3) is 11.4 Å². The lowest BCUT2D eigenvalue weighted by Crippen LogP contribution is -2.32. The van der Waals surface area contributed by atoms with Crippen molar-refractivity contribution in [2.75, 3.05) is 30.3 Å². The van der Waals surface area contributed by atoms with Crippen LogP contribution in [-0.4, -0.2) is 57.4 Å². The van der Waals surface area contributed by atoms with Crippen molar-refractivity contribution in [1.29, 1.82) is 0 Å². The standard InChI is InChI=1S/C25H37N11O3/c1-17-31-22(35-39-17)18-6-2-7-20(16-18)32-24(37)33-21-10-15-36(25(38)34-21)14-4-9-19(29-13-5-11-26)8-3-12-30-23(27)28/h2,6-7,10,15-16,19,29H,3-5,8-9,11-14,26H2,1H3,(H4,27,28,30)(H2,32,33,34,37,38). The molecule has 210 valence electrons. The third-order valence-electron chi connectivity index (χ3n) is 5.79. The van der Waals surface area contributed by atoms with E-state index in [0.29, 0.717) is 42.6 Å². The number of anilines is 2. The van der Waals surface area contributed by atoms with Gasteiger partial charge in [0, 0.05) is 43.5 Å². The summed E-state index contributed by atoms with van der Waals surface area (Å²) in [7, 11) is 0. The zero-order chi connectivity index (χ0) is 28.0. The van der Waals surface area contributed by atoms with E-state index in [-0.39, 0.29) is 17.8 Å². The summed E-state index contributed by atoms with van der Waals surface area (Å²) >= 11 is 0. The van der Waals surface area contributed by atoms with E-state index in [0.717, 1.165) is 38.6 Å². The van der Waals surface area contributed by atoms with E-state index in [1.54, 1.807) is 43.5 Å². The van der Waals surface area contributed by atoms with Gasteiger partial charge in [-0.25, -0.2) is 9.59 Å². The lowest BCUT2D eigenvalue weighted by molar-refractivity contribution is 0.262. The summed E-state index contributed by atoms with van der Waals surface area (Å²) in [5.74, 6) is 1.11. The van der Waals surface area contributed by atoms with Crippen LogP contribution in [0.5, 0.6) is 0 Å². The number of hydrogen-bond acceptors (Lipinski definition) is 9. The van der Waals surface area contributed by atoms with Crippen molar-refractivity contribution >= 4 is 23.5 Å². The molecule has 3 aromatic rings. The largest absolute Gasteiger partial charge is 0.370 e. The van der Waals surface area contributed by atoms with Gasteiger partial charge < -0.3 is 32.4 Å². The molecular formula is C25H37N11O3. The van der Waals surface area contributed by atoms with Crippen molar-refractivity contribution < 1.29 is 9.32 Å². The summed E-state index contributed by atoms with van der Waals surface area (Å²) in [5, 5.41) is 12.7. The van der Waals surface area contributed by atoms with Crippen molar-refractivity contribution in [3.63, 3.8) is 0 Å². The molecule has 0 saturated heterocycles. The van der Waals surface area contributed by atoms with Gasteiger partial charge in [0.2, 0.25) is 11.7 Å². The molecule has 2 heterocycles. The van der Waals surface area contributed by atoms with Crippen LogP contribution in [0.2, 0.25) is 0 Å². The molecule has 0 bridgehead atoms. The van der Waals surface area contributed by atoms with Crippen molar-refractivity contribution in [2.45, 2.75) is 51.6 Å². The molecule has 3 rings (SSSR count). The molecule has 1 atom stereocenters. The minimum Gasteiger partial charge on any atom is -0.370 e. The molecule has 0 radical (unpaired) electrons. The number of carbonyl (C=O) groups is 1. The molecule has 1 unspecified atom stereocenters. The molecule has 2 amide bonds. The molecular weight excluding hydrogens is 502 g/mol. The van der Waals surface area contributed by atoms with Gasteiger partial charge in [-0.2, -0.15) is 9.97 Å². The van der Waals surface area contributed by atoms with Crippen molar-refractivity contribution in [3.8, 4) is 11.4 Å². The minimum absolute atomic E-state index is 0.0923. The van der Waals surface area contributed by atoms with Crippen LogP contribution >= 0.6 is 0 Å². The Morgan fingerprint density at radius 2 is 1.95 bits per heavy atom. The van der Waals surface area contributed by atoms with Crippen LogP contribution in [0.4, 0.5) is 16.3 Å². The van der Waals surface area contributed by atoms with Gasteiger partial charge in [-0.3, -0.25) is 14.9 Å². The molecule has 39 heavy (non-hydrogen) atoms. The Morgan fingerprint density at radius 3 is 2.67 bits per heavy atom. The number of aliphatic imine (C=N–C) groups is 1. The van der Waals surface area contributed by atoms with Crippen LogP contribution in [0.1, 0.15) is 38.0 Å². The van der Waals surface area contributed by atoms with E-state index >= 15 is 0 Å². The van der Waals surface area contributed by atoms with Gasteiger partial charge in [0.15, 0.2) is 5.96 Å². The second kappa shape index (κ2) is 15.2. The van der Waals surface area contributed by atoms with Gasteiger partial charge in [-0.05, 0) is 63.4 Å². The predicted octanol–water partition coefficient (Wildman–Crippen LogP) is 1.39. The SMILES string of the molecule is Cc1nc(-c2cccc(NC(=O)Nc3ccn(CCCC(CCCN=C(N)N)NCCCN)c(=O)n3)c2)no1. The first-order valence-electron chi connectivity index (χ1n) is 12.9. The second-order valence-electron chi connectivity index (χ2n) is 8.97. The maximum absolute atomic E-state index is 12.5. The Hall–Kier alpha value is -4.30. The smallest absolute Gasteiger partial charge is 0.349 e. The quantitative estimate of drug-likeness (QED) is 0.0925. The first kappa shape index (κ1) is 29.3. The van der Waals surface area contributed by atoms with Crippen LogP contribution in [0.3, 0.4) is 0 Å². The highest BCUT2D eigenvalue weighted by atomic mass is 16.5.